The predicted octanol–water partition coefficient (Wildman–Crippen LogP) is 3.07. The van der Waals surface area contributed by atoms with E-state index in [0.29, 0.717) is 10.1 Å². The number of hydrogen-bond acceptors (Lipinski definition) is 2. The first kappa shape index (κ1) is 13.0. The SMILES string of the molecule is O[C@H](CCl)C/N=C/C1=C(Cl)CCC=C1Cl. The average Bonchev–Trinajstić information content (AvgIpc) is 2.22. The van der Waals surface area contributed by atoms with Crippen LogP contribution in [0.2, 0.25) is 0 Å². The third kappa shape index (κ3) is 4.15. The van der Waals surface area contributed by atoms with Crippen LogP contribution in [0.25, 0.3) is 0 Å². The highest BCUT2D eigenvalue weighted by atomic mass is 35.5. The molecule has 0 unspecified atom stereocenters. The molecule has 0 fully saturated rings. The van der Waals surface area contributed by atoms with Crippen LogP contribution in [0.5, 0.6) is 0 Å². The maximum Gasteiger partial charge on any atom is 0.0870 e. The second-order valence-electron chi connectivity index (χ2n) is 3.21. The number of halogens is 3. The van der Waals surface area contributed by atoms with E-state index in [0.717, 1.165) is 18.4 Å². The Bertz CT molecular complexity index is 310. The standard InChI is InChI=1S/C10H12Cl3NO/c11-4-7(15)5-14-6-8-9(12)2-1-3-10(8)13/h2,6-7,15H,1,3-5H2/b14-6+/t7-/m1/s1. The third-order valence-electron chi connectivity index (χ3n) is 1.95. The summed E-state index contributed by atoms with van der Waals surface area (Å²) in [4.78, 5) is 4.04. The molecule has 2 nitrogen and oxygen atoms in total. The van der Waals surface area contributed by atoms with Crippen molar-refractivity contribution in [2.75, 3.05) is 12.4 Å². The molecule has 0 aliphatic heterocycles. The fourth-order valence-electron chi connectivity index (χ4n) is 1.15. The van der Waals surface area contributed by atoms with Gasteiger partial charge in [-0.1, -0.05) is 29.3 Å². The van der Waals surface area contributed by atoms with Crippen LogP contribution in [0, 0.1) is 0 Å². The number of aliphatic imine (C=N–C) groups is 1. The summed E-state index contributed by atoms with van der Waals surface area (Å²) in [5, 5.41) is 10.5. The van der Waals surface area contributed by atoms with Gasteiger partial charge in [0.1, 0.15) is 0 Å². The Hall–Kier alpha value is -0.0200. The number of hydrogen-bond donors (Lipinski definition) is 1. The van der Waals surface area contributed by atoms with Gasteiger partial charge in [0, 0.05) is 21.9 Å². The summed E-state index contributed by atoms with van der Waals surface area (Å²) < 4.78 is 0. The molecule has 1 rings (SSSR count). The smallest absolute Gasteiger partial charge is 0.0870 e. The Morgan fingerprint density at radius 3 is 2.87 bits per heavy atom. The van der Waals surface area contributed by atoms with E-state index >= 15 is 0 Å². The van der Waals surface area contributed by atoms with E-state index in [-0.39, 0.29) is 12.4 Å². The lowest BCUT2D eigenvalue weighted by atomic mass is 10.1. The van der Waals surface area contributed by atoms with Crippen molar-refractivity contribution in [1.82, 2.24) is 0 Å². The van der Waals surface area contributed by atoms with Gasteiger partial charge >= 0.3 is 0 Å². The lowest BCUT2D eigenvalue weighted by Gasteiger charge is -2.10. The normalized spacial score (nSPS) is 19.6. The minimum absolute atomic E-state index is 0.174. The van der Waals surface area contributed by atoms with Crippen molar-refractivity contribution >= 4 is 41.0 Å². The van der Waals surface area contributed by atoms with Crippen LogP contribution in [0.1, 0.15) is 12.8 Å². The highest BCUT2D eigenvalue weighted by Crippen LogP contribution is 2.28. The molecule has 0 aromatic heterocycles. The minimum Gasteiger partial charge on any atom is -0.390 e. The Labute approximate surface area is 104 Å². The van der Waals surface area contributed by atoms with Crippen molar-refractivity contribution in [2.45, 2.75) is 18.9 Å². The van der Waals surface area contributed by atoms with Crippen molar-refractivity contribution in [2.24, 2.45) is 4.99 Å². The van der Waals surface area contributed by atoms with Gasteiger partial charge < -0.3 is 5.11 Å². The van der Waals surface area contributed by atoms with Gasteiger partial charge in [-0.05, 0) is 12.8 Å². The molecule has 0 aromatic carbocycles. The van der Waals surface area contributed by atoms with Crippen LogP contribution < -0.4 is 0 Å². The van der Waals surface area contributed by atoms with Gasteiger partial charge in [-0.25, -0.2) is 0 Å². The van der Waals surface area contributed by atoms with Gasteiger partial charge in [0.05, 0.1) is 18.5 Å². The molecule has 1 aliphatic carbocycles. The van der Waals surface area contributed by atoms with Crippen LogP contribution in [0.15, 0.2) is 26.7 Å². The number of aliphatic hydroxyl groups is 1. The fourth-order valence-corrected chi connectivity index (χ4v) is 1.82. The van der Waals surface area contributed by atoms with Gasteiger partial charge in [0.25, 0.3) is 0 Å². The Kier molecular flexibility index (Phi) is 5.69. The third-order valence-corrected chi connectivity index (χ3v) is 3.06. The van der Waals surface area contributed by atoms with E-state index in [2.05, 4.69) is 4.99 Å². The van der Waals surface area contributed by atoms with Crippen molar-refractivity contribution in [3.63, 3.8) is 0 Å². The lowest BCUT2D eigenvalue weighted by molar-refractivity contribution is 0.207. The van der Waals surface area contributed by atoms with E-state index in [1.54, 1.807) is 6.21 Å². The second-order valence-corrected chi connectivity index (χ2v) is 4.38. The van der Waals surface area contributed by atoms with E-state index in [1.165, 1.54) is 0 Å². The molecule has 0 spiro atoms. The van der Waals surface area contributed by atoms with Gasteiger partial charge in [-0.15, -0.1) is 11.6 Å². The summed E-state index contributed by atoms with van der Waals surface area (Å²) in [7, 11) is 0. The lowest BCUT2D eigenvalue weighted by Crippen LogP contribution is -2.12. The molecular weight excluding hydrogens is 256 g/mol. The van der Waals surface area contributed by atoms with Crippen molar-refractivity contribution in [1.29, 1.82) is 0 Å². The van der Waals surface area contributed by atoms with Crippen LogP contribution in [0.4, 0.5) is 0 Å². The topological polar surface area (TPSA) is 32.6 Å². The van der Waals surface area contributed by atoms with Crippen molar-refractivity contribution in [3.8, 4) is 0 Å². The van der Waals surface area contributed by atoms with Crippen LogP contribution >= 0.6 is 34.8 Å². The maximum absolute atomic E-state index is 9.18. The summed E-state index contributed by atoms with van der Waals surface area (Å²) in [5.41, 5.74) is 0.742. The quantitative estimate of drug-likeness (QED) is 0.617. The maximum atomic E-state index is 9.18. The summed E-state index contributed by atoms with van der Waals surface area (Å²) in [6.07, 6.45) is 4.54. The Morgan fingerprint density at radius 2 is 2.27 bits per heavy atom. The molecule has 0 amide bonds. The average molecular weight is 269 g/mol. The monoisotopic (exact) mass is 267 g/mol. The first-order valence-corrected chi connectivity index (χ1v) is 5.92. The highest BCUT2D eigenvalue weighted by Gasteiger charge is 2.11. The summed E-state index contributed by atoms with van der Waals surface area (Å²) in [5.74, 6) is 0.174. The van der Waals surface area contributed by atoms with Gasteiger partial charge in [0.2, 0.25) is 0 Å². The molecule has 0 heterocycles. The van der Waals surface area contributed by atoms with Gasteiger partial charge in [0.15, 0.2) is 0 Å². The molecule has 5 heteroatoms. The number of allylic oxidation sites excluding steroid dienone is 4. The molecule has 1 N–H and O–H groups in total. The van der Waals surface area contributed by atoms with Crippen molar-refractivity contribution in [3.05, 3.63) is 21.7 Å². The highest BCUT2D eigenvalue weighted by molar-refractivity contribution is 6.38. The zero-order chi connectivity index (χ0) is 11.3. The molecule has 15 heavy (non-hydrogen) atoms. The van der Waals surface area contributed by atoms with Gasteiger partial charge in [-0.3, -0.25) is 4.99 Å². The molecule has 1 aliphatic rings. The zero-order valence-electron chi connectivity index (χ0n) is 8.09. The van der Waals surface area contributed by atoms with E-state index < -0.39 is 6.10 Å². The zero-order valence-corrected chi connectivity index (χ0v) is 10.4. The van der Waals surface area contributed by atoms with Gasteiger partial charge in [-0.2, -0.15) is 0 Å². The van der Waals surface area contributed by atoms with Crippen LogP contribution in [-0.4, -0.2) is 29.8 Å². The van der Waals surface area contributed by atoms with Crippen LogP contribution in [0.3, 0.4) is 0 Å². The Morgan fingerprint density at radius 1 is 1.53 bits per heavy atom. The van der Waals surface area contributed by atoms with E-state index in [4.69, 9.17) is 34.8 Å². The molecule has 0 saturated carbocycles. The fraction of sp³-hybridized carbons (Fsp3) is 0.500. The molecule has 0 aromatic rings. The first-order chi connectivity index (χ1) is 7.15. The molecular formula is C10H12Cl3NO. The predicted molar refractivity (Wildman–Crippen MR) is 66.1 cm³/mol. The summed E-state index contributed by atoms with van der Waals surface area (Å²) in [6, 6.07) is 0. The summed E-state index contributed by atoms with van der Waals surface area (Å²) in [6.45, 7) is 0.265. The number of nitrogens with zero attached hydrogens (tertiary/aromatic N) is 1. The second kappa shape index (κ2) is 6.54. The minimum atomic E-state index is -0.617. The molecule has 84 valence electrons. The Balaban J connectivity index is 2.60. The molecule has 0 bridgehead atoms. The first-order valence-electron chi connectivity index (χ1n) is 4.63. The largest absolute Gasteiger partial charge is 0.390 e. The molecule has 0 radical (unpaired) electrons. The molecule has 0 saturated heterocycles. The number of aliphatic hydroxyl groups excluding tert-OH is 1. The number of alkyl halides is 1. The van der Waals surface area contributed by atoms with E-state index in [9.17, 15) is 5.11 Å². The van der Waals surface area contributed by atoms with Crippen LogP contribution in [-0.2, 0) is 0 Å². The summed E-state index contributed by atoms with van der Waals surface area (Å²) >= 11 is 17.4. The number of rotatable bonds is 4. The molecule has 1 atom stereocenters. The van der Waals surface area contributed by atoms with Crippen molar-refractivity contribution < 1.29 is 5.11 Å². The van der Waals surface area contributed by atoms with E-state index in [1.807, 2.05) is 6.08 Å².